The molecule has 0 unspecified atom stereocenters. The maximum atomic E-state index is 13.8. The summed E-state index contributed by atoms with van der Waals surface area (Å²) in [6, 6.07) is 4.38. The monoisotopic (exact) mass is 361 g/mol. The van der Waals surface area contributed by atoms with Crippen molar-refractivity contribution in [3.05, 3.63) is 50.1 Å². The molecule has 20 heavy (non-hydrogen) atoms. The molecule has 0 fully saturated rings. The molecular formula is C13H10BrF2NO2S. The number of benzene rings is 1. The lowest BCUT2D eigenvalue weighted by Gasteiger charge is -2.09. The molecule has 0 aliphatic carbocycles. The van der Waals surface area contributed by atoms with Crippen LogP contribution in [-0.4, -0.2) is 13.1 Å². The van der Waals surface area contributed by atoms with Gasteiger partial charge in [-0.25, -0.2) is 13.6 Å². The van der Waals surface area contributed by atoms with E-state index in [1.54, 1.807) is 0 Å². The average molecular weight is 362 g/mol. The van der Waals surface area contributed by atoms with Crippen molar-refractivity contribution < 1.29 is 18.3 Å². The first-order chi connectivity index (χ1) is 9.54. The molecule has 1 aromatic heterocycles. The highest BCUT2D eigenvalue weighted by Gasteiger charge is 2.19. The Hall–Kier alpha value is -1.47. The second-order valence-electron chi connectivity index (χ2n) is 3.83. The first kappa shape index (κ1) is 14.9. The minimum atomic E-state index is -1.22. The van der Waals surface area contributed by atoms with Crippen LogP contribution in [0.5, 0.6) is 0 Å². The van der Waals surface area contributed by atoms with Crippen molar-refractivity contribution in [1.82, 2.24) is 0 Å². The predicted molar refractivity (Wildman–Crippen MR) is 77.0 cm³/mol. The van der Waals surface area contributed by atoms with E-state index in [9.17, 15) is 13.6 Å². The van der Waals surface area contributed by atoms with Gasteiger partial charge in [-0.05, 0) is 39.5 Å². The number of hydrogen-bond donors (Lipinski definition) is 1. The zero-order valence-electron chi connectivity index (χ0n) is 10.4. The van der Waals surface area contributed by atoms with Crippen molar-refractivity contribution >= 4 is 38.9 Å². The van der Waals surface area contributed by atoms with Crippen LogP contribution < -0.4 is 5.32 Å². The number of thiophene rings is 1. The third kappa shape index (κ3) is 2.99. The smallest absolute Gasteiger partial charge is 0.340 e. The van der Waals surface area contributed by atoms with Crippen molar-refractivity contribution in [3.8, 4) is 0 Å². The van der Waals surface area contributed by atoms with Gasteiger partial charge in [0, 0.05) is 9.35 Å². The average Bonchev–Trinajstić information content (AvgIpc) is 2.85. The molecule has 1 heterocycles. The van der Waals surface area contributed by atoms with E-state index < -0.39 is 23.2 Å². The molecule has 0 amide bonds. The molecule has 0 spiro atoms. The van der Waals surface area contributed by atoms with Crippen LogP contribution in [-0.2, 0) is 11.3 Å². The lowest BCUT2D eigenvalue weighted by molar-refractivity contribution is 0.0594. The number of methoxy groups -OCH3 is 1. The number of ether oxygens (including phenoxy) is 1. The van der Waals surface area contributed by atoms with E-state index in [0.29, 0.717) is 6.54 Å². The maximum Gasteiger partial charge on any atom is 0.340 e. The van der Waals surface area contributed by atoms with Gasteiger partial charge in [0.2, 0.25) is 0 Å². The molecule has 2 rings (SSSR count). The number of halogens is 3. The Balaban J connectivity index is 2.19. The molecule has 0 aliphatic heterocycles. The van der Waals surface area contributed by atoms with E-state index in [2.05, 4.69) is 26.0 Å². The Kier molecular flexibility index (Phi) is 4.72. The van der Waals surface area contributed by atoms with Crippen molar-refractivity contribution in [2.45, 2.75) is 6.54 Å². The number of esters is 1. The Morgan fingerprint density at radius 2 is 2.10 bits per heavy atom. The molecule has 0 aliphatic rings. The highest BCUT2D eigenvalue weighted by molar-refractivity contribution is 9.10. The molecule has 1 aromatic carbocycles. The number of anilines is 1. The second kappa shape index (κ2) is 6.32. The number of carbonyl (C=O) groups excluding carboxylic acids is 1. The number of rotatable bonds is 4. The number of carbonyl (C=O) groups is 1. The van der Waals surface area contributed by atoms with E-state index >= 15 is 0 Å². The second-order valence-corrected chi connectivity index (χ2v) is 5.68. The molecule has 3 nitrogen and oxygen atoms in total. The van der Waals surface area contributed by atoms with E-state index in [1.807, 2.05) is 11.4 Å². The van der Waals surface area contributed by atoms with Gasteiger partial charge in [-0.3, -0.25) is 0 Å². The third-order valence-corrected chi connectivity index (χ3v) is 4.54. The third-order valence-electron chi connectivity index (χ3n) is 2.62. The lowest BCUT2D eigenvalue weighted by Crippen LogP contribution is -2.09. The maximum absolute atomic E-state index is 13.8. The summed E-state index contributed by atoms with van der Waals surface area (Å²) >= 11 is 4.85. The molecule has 0 atom stereocenters. The van der Waals surface area contributed by atoms with Crippen molar-refractivity contribution in [3.63, 3.8) is 0 Å². The number of hydrogen-bond acceptors (Lipinski definition) is 4. The van der Waals surface area contributed by atoms with Crippen LogP contribution in [0, 0.1) is 11.6 Å². The Morgan fingerprint density at radius 3 is 2.70 bits per heavy atom. The van der Waals surface area contributed by atoms with Crippen LogP contribution in [0.25, 0.3) is 0 Å². The summed E-state index contributed by atoms with van der Waals surface area (Å²) in [5.41, 5.74) is -0.427. The normalized spacial score (nSPS) is 10.4. The molecule has 0 saturated carbocycles. The van der Waals surface area contributed by atoms with Gasteiger partial charge in [0.05, 0.1) is 24.9 Å². The van der Waals surface area contributed by atoms with Gasteiger partial charge in [-0.15, -0.1) is 11.3 Å². The van der Waals surface area contributed by atoms with Crippen molar-refractivity contribution in [1.29, 1.82) is 0 Å². The molecule has 0 radical (unpaired) electrons. The van der Waals surface area contributed by atoms with Crippen LogP contribution in [0.15, 0.2) is 28.1 Å². The molecule has 2 aromatic rings. The van der Waals surface area contributed by atoms with Gasteiger partial charge in [0.1, 0.15) is 0 Å². The molecule has 0 bridgehead atoms. The summed E-state index contributed by atoms with van der Waals surface area (Å²) in [6.45, 7) is 0.353. The van der Waals surface area contributed by atoms with E-state index in [1.165, 1.54) is 23.5 Å². The predicted octanol–water partition coefficient (Wildman–Crippen LogP) is 4.19. The molecule has 0 saturated heterocycles. The first-order valence-corrected chi connectivity index (χ1v) is 7.24. The van der Waals surface area contributed by atoms with Gasteiger partial charge >= 0.3 is 5.97 Å². The minimum Gasteiger partial charge on any atom is -0.465 e. The summed E-state index contributed by atoms with van der Waals surface area (Å²) in [7, 11) is 1.11. The zero-order valence-corrected chi connectivity index (χ0v) is 12.8. The molecule has 7 heteroatoms. The minimum absolute atomic E-state index is 0.00421. The number of nitrogens with one attached hydrogen (secondary N) is 1. The summed E-state index contributed by atoms with van der Waals surface area (Å²) < 4.78 is 32.8. The van der Waals surface area contributed by atoms with Gasteiger partial charge in [-0.1, -0.05) is 0 Å². The van der Waals surface area contributed by atoms with Crippen LogP contribution in [0.4, 0.5) is 14.5 Å². The largest absolute Gasteiger partial charge is 0.465 e. The SMILES string of the molecule is COC(=O)c1ccc(NCc2sccc2Br)c(F)c1F. The fourth-order valence-electron chi connectivity index (χ4n) is 1.58. The van der Waals surface area contributed by atoms with E-state index in [-0.39, 0.29) is 5.69 Å². The van der Waals surface area contributed by atoms with Crippen LogP contribution in [0.1, 0.15) is 15.2 Å². The van der Waals surface area contributed by atoms with Crippen molar-refractivity contribution in [2.24, 2.45) is 0 Å². The quantitative estimate of drug-likeness (QED) is 0.829. The summed E-state index contributed by atoms with van der Waals surface area (Å²) in [4.78, 5) is 12.2. The fourth-order valence-corrected chi connectivity index (χ4v) is 3.01. The molecule has 106 valence electrons. The molecule has 1 N–H and O–H groups in total. The van der Waals surface area contributed by atoms with E-state index in [4.69, 9.17) is 0 Å². The fraction of sp³-hybridized carbons (Fsp3) is 0.154. The molecular weight excluding hydrogens is 352 g/mol. The Morgan fingerprint density at radius 1 is 1.35 bits per heavy atom. The van der Waals surface area contributed by atoms with Gasteiger partial charge in [0.15, 0.2) is 11.6 Å². The Bertz CT molecular complexity index is 645. The van der Waals surface area contributed by atoms with E-state index in [0.717, 1.165) is 16.5 Å². The topological polar surface area (TPSA) is 38.3 Å². The highest BCUT2D eigenvalue weighted by atomic mass is 79.9. The van der Waals surface area contributed by atoms with Gasteiger partial charge in [-0.2, -0.15) is 0 Å². The summed E-state index contributed by atoms with van der Waals surface area (Å²) in [6.07, 6.45) is 0. The summed E-state index contributed by atoms with van der Waals surface area (Å²) in [5.74, 6) is -3.22. The Labute approximate surface area is 126 Å². The van der Waals surface area contributed by atoms with Crippen LogP contribution in [0.3, 0.4) is 0 Å². The summed E-state index contributed by atoms with van der Waals surface area (Å²) in [5, 5.41) is 4.68. The van der Waals surface area contributed by atoms with Crippen LogP contribution in [0.2, 0.25) is 0 Å². The standard InChI is InChI=1S/C13H10BrF2NO2S/c1-19-13(18)7-2-3-9(12(16)11(7)15)17-6-10-8(14)4-5-20-10/h2-5,17H,6H2,1H3. The highest BCUT2D eigenvalue weighted by Crippen LogP contribution is 2.26. The van der Waals surface area contributed by atoms with Crippen LogP contribution >= 0.6 is 27.3 Å². The van der Waals surface area contributed by atoms with Gasteiger partial charge < -0.3 is 10.1 Å². The van der Waals surface area contributed by atoms with Gasteiger partial charge in [0.25, 0.3) is 0 Å². The lowest BCUT2D eigenvalue weighted by atomic mass is 10.2. The zero-order chi connectivity index (χ0) is 14.7. The van der Waals surface area contributed by atoms with Crippen molar-refractivity contribution in [2.75, 3.05) is 12.4 Å². The first-order valence-electron chi connectivity index (χ1n) is 5.56.